The van der Waals surface area contributed by atoms with E-state index in [-0.39, 0.29) is 0 Å². The van der Waals surface area contributed by atoms with Crippen molar-refractivity contribution in [3.05, 3.63) is 29.8 Å². The van der Waals surface area contributed by atoms with Gasteiger partial charge in [-0.2, -0.15) is 0 Å². The molecule has 2 N–H and O–H groups in total. The third-order valence-electron chi connectivity index (χ3n) is 2.57. The maximum absolute atomic E-state index is 11.4. The van der Waals surface area contributed by atoms with E-state index in [9.17, 15) is 8.42 Å². The number of hydrogen-bond donors (Lipinski definition) is 1. The summed E-state index contributed by atoms with van der Waals surface area (Å²) in [5.74, 6) is 0.486. The van der Waals surface area contributed by atoms with Crippen molar-refractivity contribution in [3.63, 3.8) is 0 Å². The van der Waals surface area contributed by atoms with Crippen LogP contribution in [0.25, 0.3) is 0 Å². The Labute approximate surface area is 97.6 Å². The molecule has 1 atom stereocenters. The first-order valence-electron chi connectivity index (χ1n) is 5.42. The molecule has 0 aliphatic rings. The first kappa shape index (κ1) is 13.2. The van der Waals surface area contributed by atoms with Crippen LogP contribution in [0.3, 0.4) is 0 Å². The molecule has 1 aromatic rings. The summed E-state index contributed by atoms with van der Waals surface area (Å²) < 4.78 is 22.8. The first-order chi connectivity index (χ1) is 7.43. The molecule has 90 valence electrons. The molecular weight excluding hydrogens is 222 g/mol. The lowest BCUT2D eigenvalue weighted by Gasteiger charge is -2.10. The number of sulfone groups is 1. The van der Waals surface area contributed by atoms with Crippen LogP contribution in [0.1, 0.15) is 18.9 Å². The predicted octanol–water partition coefficient (Wildman–Crippen LogP) is 1.62. The summed E-state index contributed by atoms with van der Waals surface area (Å²) in [6, 6.07) is 7.14. The van der Waals surface area contributed by atoms with Gasteiger partial charge in [-0.15, -0.1) is 0 Å². The highest BCUT2D eigenvalue weighted by molar-refractivity contribution is 7.90. The highest BCUT2D eigenvalue weighted by Gasteiger charge is 2.08. The molecule has 0 saturated heterocycles. The monoisotopic (exact) mass is 241 g/mol. The predicted molar refractivity (Wildman–Crippen MR) is 66.1 cm³/mol. The van der Waals surface area contributed by atoms with Crippen molar-refractivity contribution in [3.8, 4) is 0 Å². The summed E-state index contributed by atoms with van der Waals surface area (Å²) in [7, 11) is -3.10. The van der Waals surface area contributed by atoms with Crippen molar-refractivity contribution < 1.29 is 8.42 Å². The molecule has 4 heteroatoms. The van der Waals surface area contributed by atoms with Gasteiger partial charge in [-0.3, -0.25) is 0 Å². The van der Waals surface area contributed by atoms with E-state index in [4.69, 9.17) is 5.73 Å². The number of benzene rings is 1. The van der Waals surface area contributed by atoms with E-state index in [1.807, 2.05) is 6.07 Å². The zero-order chi connectivity index (χ0) is 12.2. The number of rotatable bonds is 5. The fourth-order valence-electron chi connectivity index (χ4n) is 1.69. The van der Waals surface area contributed by atoms with Crippen molar-refractivity contribution in [2.75, 3.05) is 12.8 Å². The van der Waals surface area contributed by atoms with Gasteiger partial charge in [0.25, 0.3) is 0 Å². The largest absolute Gasteiger partial charge is 0.330 e. The third-order valence-corrected chi connectivity index (χ3v) is 3.68. The summed E-state index contributed by atoms with van der Waals surface area (Å²) in [4.78, 5) is 0.393. The lowest BCUT2D eigenvalue weighted by molar-refractivity contribution is 0.538. The van der Waals surface area contributed by atoms with E-state index in [1.54, 1.807) is 18.2 Å². The van der Waals surface area contributed by atoms with Gasteiger partial charge in [-0.05, 0) is 43.0 Å². The summed E-state index contributed by atoms with van der Waals surface area (Å²) in [6.07, 6.45) is 3.07. The summed E-state index contributed by atoms with van der Waals surface area (Å²) in [5, 5.41) is 0. The van der Waals surface area contributed by atoms with E-state index in [1.165, 1.54) is 6.26 Å². The Kier molecular flexibility index (Phi) is 4.50. The molecule has 0 aliphatic heterocycles. The molecule has 0 saturated carbocycles. The topological polar surface area (TPSA) is 60.2 Å². The quantitative estimate of drug-likeness (QED) is 0.852. The van der Waals surface area contributed by atoms with Crippen LogP contribution in [0.2, 0.25) is 0 Å². The minimum Gasteiger partial charge on any atom is -0.330 e. The number of hydrogen-bond acceptors (Lipinski definition) is 3. The maximum atomic E-state index is 11.4. The molecule has 16 heavy (non-hydrogen) atoms. The molecule has 0 bridgehead atoms. The Morgan fingerprint density at radius 2 is 2.06 bits per heavy atom. The van der Waals surface area contributed by atoms with E-state index >= 15 is 0 Å². The summed E-state index contributed by atoms with van der Waals surface area (Å²) >= 11 is 0. The minimum absolute atomic E-state index is 0.393. The van der Waals surface area contributed by atoms with Crippen LogP contribution < -0.4 is 5.73 Å². The van der Waals surface area contributed by atoms with Gasteiger partial charge in [0, 0.05) is 6.26 Å². The van der Waals surface area contributed by atoms with Gasteiger partial charge in [-0.25, -0.2) is 8.42 Å². The van der Waals surface area contributed by atoms with Crippen LogP contribution in [0.15, 0.2) is 29.2 Å². The van der Waals surface area contributed by atoms with E-state index in [0.29, 0.717) is 17.4 Å². The zero-order valence-corrected chi connectivity index (χ0v) is 10.6. The van der Waals surface area contributed by atoms with E-state index in [0.717, 1.165) is 18.4 Å². The fraction of sp³-hybridized carbons (Fsp3) is 0.500. The van der Waals surface area contributed by atoms with Crippen LogP contribution in [0.5, 0.6) is 0 Å². The molecule has 1 unspecified atom stereocenters. The summed E-state index contributed by atoms with van der Waals surface area (Å²) in [5.41, 5.74) is 6.55. The van der Waals surface area contributed by atoms with Gasteiger partial charge in [0.05, 0.1) is 4.90 Å². The van der Waals surface area contributed by atoms with Crippen LogP contribution in [0, 0.1) is 5.92 Å². The standard InChI is InChI=1S/C12H19NO2S/c1-10(6-7-13)8-11-4-3-5-12(9-11)16(2,14)15/h3-5,9-10H,6-8,13H2,1-2H3. The molecular formula is C12H19NO2S. The van der Waals surface area contributed by atoms with Crippen molar-refractivity contribution in [1.82, 2.24) is 0 Å². The highest BCUT2D eigenvalue weighted by atomic mass is 32.2. The Hall–Kier alpha value is -0.870. The van der Waals surface area contributed by atoms with Gasteiger partial charge in [-0.1, -0.05) is 19.1 Å². The molecule has 3 nitrogen and oxygen atoms in total. The average molecular weight is 241 g/mol. The second-order valence-electron chi connectivity index (χ2n) is 4.31. The van der Waals surface area contributed by atoms with Crippen molar-refractivity contribution in [1.29, 1.82) is 0 Å². The molecule has 0 aliphatic carbocycles. The third kappa shape index (κ3) is 3.94. The van der Waals surface area contributed by atoms with Crippen LogP contribution in [0.4, 0.5) is 0 Å². The van der Waals surface area contributed by atoms with Crippen LogP contribution >= 0.6 is 0 Å². The Balaban J connectivity index is 2.83. The van der Waals surface area contributed by atoms with E-state index < -0.39 is 9.84 Å². The Morgan fingerprint density at radius 3 is 2.62 bits per heavy atom. The minimum atomic E-state index is -3.10. The van der Waals surface area contributed by atoms with E-state index in [2.05, 4.69) is 6.92 Å². The molecule has 0 aromatic heterocycles. The zero-order valence-electron chi connectivity index (χ0n) is 9.81. The normalized spacial score (nSPS) is 13.7. The van der Waals surface area contributed by atoms with Gasteiger partial charge in [0.15, 0.2) is 9.84 Å². The van der Waals surface area contributed by atoms with Crippen molar-refractivity contribution >= 4 is 9.84 Å². The molecule has 1 aromatic carbocycles. The Morgan fingerprint density at radius 1 is 1.38 bits per heavy atom. The SMILES string of the molecule is CC(CCN)Cc1cccc(S(C)(=O)=O)c1. The molecule has 0 radical (unpaired) electrons. The van der Waals surface area contributed by atoms with Gasteiger partial charge >= 0.3 is 0 Å². The fourth-order valence-corrected chi connectivity index (χ4v) is 2.38. The average Bonchev–Trinajstić information content (AvgIpc) is 2.17. The molecule has 0 amide bonds. The van der Waals surface area contributed by atoms with Crippen LogP contribution in [-0.2, 0) is 16.3 Å². The second kappa shape index (κ2) is 5.46. The van der Waals surface area contributed by atoms with Crippen molar-refractivity contribution in [2.45, 2.75) is 24.7 Å². The molecule has 0 heterocycles. The van der Waals surface area contributed by atoms with Gasteiger partial charge < -0.3 is 5.73 Å². The molecule has 0 fully saturated rings. The maximum Gasteiger partial charge on any atom is 0.175 e. The molecule has 0 spiro atoms. The number of nitrogens with two attached hydrogens (primary N) is 1. The van der Waals surface area contributed by atoms with Gasteiger partial charge in [0.1, 0.15) is 0 Å². The van der Waals surface area contributed by atoms with Crippen LogP contribution in [-0.4, -0.2) is 21.2 Å². The molecule has 1 rings (SSSR count). The highest BCUT2D eigenvalue weighted by Crippen LogP contribution is 2.15. The van der Waals surface area contributed by atoms with Crippen molar-refractivity contribution in [2.24, 2.45) is 11.7 Å². The lowest BCUT2D eigenvalue weighted by atomic mass is 9.98. The lowest BCUT2D eigenvalue weighted by Crippen LogP contribution is -2.08. The Bertz CT molecular complexity index is 440. The summed E-state index contributed by atoms with van der Waals surface area (Å²) in [6.45, 7) is 2.80. The van der Waals surface area contributed by atoms with Gasteiger partial charge in [0.2, 0.25) is 0 Å². The smallest absolute Gasteiger partial charge is 0.175 e. The second-order valence-corrected chi connectivity index (χ2v) is 6.32. The first-order valence-corrected chi connectivity index (χ1v) is 7.31.